The molecule has 0 aliphatic rings. The van der Waals surface area contributed by atoms with E-state index >= 15 is 0 Å². The second-order valence-electron chi connectivity index (χ2n) is 4.27. The second kappa shape index (κ2) is 8.34. The summed E-state index contributed by atoms with van der Waals surface area (Å²) >= 11 is 0. The van der Waals surface area contributed by atoms with Crippen molar-refractivity contribution in [1.29, 1.82) is 0 Å². The average molecular weight is 284 g/mol. The third kappa shape index (κ3) is 4.67. The predicted octanol–water partition coefficient (Wildman–Crippen LogP) is 1.80. The number of hydrogen-bond acceptors (Lipinski definition) is 6. The Morgan fingerprint density at radius 3 is 2.80 bits per heavy atom. The van der Waals surface area contributed by atoms with E-state index in [-0.39, 0.29) is 24.1 Å². The minimum absolute atomic E-state index is 0.0729. The van der Waals surface area contributed by atoms with Crippen LogP contribution in [0.3, 0.4) is 0 Å². The van der Waals surface area contributed by atoms with Crippen LogP contribution in [0, 0.1) is 10.1 Å². The van der Waals surface area contributed by atoms with E-state index in [2.05, 4.69) is 5.32 Å². The van der Waals surface area contributed by atoms with Gasteiger partial charge in [0.05, 0.1) is 30.8 Å². The van der Waals surface area contributed by atoms with Crippen molar-refractivity contribution >= 4 is 11.4 Å². The number of anilines is 1. The van der Waals surface area contributed by atoms with Crippen molar-refractivity contribution < 1.29 is 19.5 Å². The Morgan fingerprint density at radius 2 is 2.25 bits per heavy atom. The van der Waals surface area contributed by atoms with Crippen molar-refractivity contribution in [3.8, 4) is 5.75 Å². The molecule has 0 bridgehead atoms. The van der Waals surface area contributed by atoms with Gasteiger partial charge in [-0.3, -0.25) is 10.1 Å². The molecule has 112 valence electrons. The Labute approximate surface area is 117 Å². The standard InChI is InChI=1S/C13H20N2O5/c1-3-6-20-13-7-10(4-5-12(13)15(17)18)14-11(8-16)9-19-2/h4-5,7,11,14,16H,3,6,8-9H2,1-2H3. The van der Waals surface area contributed by atoms with Crippen LogP contribution < -0.4 is 10.1 Å². The van der Waals surface area contributed by atoms with Gasteiger partial charge in [0, 0.05) is 24.9 Å². The van der Waals surface area contributed by atoms with Crippen molar-refractivity contribution in [2.45, 2.75) is 19.4 Å². The van der Waals surface area contributed by atoms with Gasteiger partial charge in [-0.2, -0.15) is 0 Å². The van der Waals surface area contributed by atoms with Gasteiger partial charge >= 0.3 is 5.69 Å². The van der Waals surface area contributed by atoms with E-state index in [4.69, 9.17) is 9.47 Å². The third-order valence-electron chi connectivity index (χ3n) is 2.58. The zero-order valence-corrected chi connectivity index (χ0v) is 11.7. The van der Waals surface area contributed by atoms with Gasteiger partial charge in [-0.15, -0.1) is 0 Å². The summed E-state index contributed by atoms with van der Waals surface area (Å²) in [5.74, 6) is 0.218. The number of nitro benzene ring substituents is 1. The van der Waals surface area contributed by atoms with E-state index in [1.54, 1.807) is 12.1 Å². The first-order chi connectivity index (χ1) is 9.62. The van der Waals surface area contributed by atoms with E-state index in [1.807, 2.05) is 6.92 Å². The third-order valence-corrected chi connectivity index (χ3v) is 2.58. The van der Waals surface area contributed by atoms with Gasteiger partial charge < -0.3 is 19.9 Å². The first-order valence-electron chi connectivity index (χ1n) is 6.40. The van der Waals surface area contributed by atoms with E-state index in [9.17, 15) is 15.2 Å². The maximum atomic E-state index is 10.9. The Bertz CT molecular complexity index is 439. The highest BCUT2D eigenvalue weighted by molar-refractivity contribution is 5.58. The molecule has 0 aromatic heterocycles. The smallest absolute Gasteiger partial charge is 0.311 e. The van der Waals surface area contributed by atoms with Crippen LogP contribution in [0.1, 0.15) is 13.3 Å². The minimum Gasteiger partial charge on any atom is -0.487 e. The van der Waals surface area contributed by atoms with E-state index in [0.717, 1.165) is 6.42 Å². The van der Waals surface area contributed by atoms with Gasteiger partial charge in [-0.05, 0) is 12.5 Å². The first kappa shape index (κ1) is 16.2. The molecule has 0 radical (unpaired) electrons. The lowest BCUT2D eigenvalue weighted by atomic mass is 10.2. The summed E-state index contributed by atoms with van der Waals surface area (Å²) < 4.78 is 10.4. The molecule has 0 aliphatic carbocycles. The van der Waals surface area contributed by atoms with Crippen molar-refractivity contribution in [3.63, 3.8) is 0 Å². The number of rotatable bonds is 9. The van der Waals surface area contributed by atoms with Gasteiger partial charge in [0.2, 0.25) is 0 Å². The number of benzene rings is 1. The molecular weight excluding hydrogens is 264 g/mol. The monoisotopic (exact) mass is 284 g/mol. The first-order valence-corrected chi connectivity index (χ1v) is 6.40. The van der Waals surface area contributed by atoms with Crippen LogP contribution in [0.25, 0.3) is 0 Å². The fourth-order valence-electron chi connectivity index (χ4n) is 1.66. The van der Waals surface area contributed by atoms with Crippen LogP contribution in [0.2, 0.25) is 0 Å². The largest absolute Gasteiger partial charge is 0.487 e. The number of methoxy groups -OCH3 is 1. The van der Waals surface area contributed by atoms with Crippen molar-refractivity contribution in [2.75, 3.05) is 32.2 Å². The Hall–Kier alpha value is -1.86. The lowest BCUT2D eigenvalue weighted by Gasteiger charge is -2.17. The Balaban J connectivity index is 2.90. The molecule has 1 unspecified atom stereocenters. The minimum atomic E-state index is -0.479. The highest BCUT2D eigenvalue weighted by Crippen LogP contribution is 2.30. The van der Waals surface area contributed by atoms with Crippen LogP contribution in [-0.2, 0) is 4.74 Å². The summed E-state index contributed by atoms with van der Waals surface area (Å²) in [6, 6.07) is 4.25. The van der Waals surface area contributed by atoms with Gasteiger partial charge in [-0.25, -0.2) is 0 Å². The molecule has 7 heteroatoms. The summed E-state index contributed by atoms with van der Waals surface area (Å²) in [6.07, 6.45) is 0.762. The van der Waals surface area contributed by atoms with Crippen LogP contribution >= 0.6 is 0 Å². The average Bonchev–Trinajstić information content (AvgIpc) is 2.44. The van der Waals surface area contributed by atoms with Crippen LogP contribution in [-0.4, -0.2) is 43.0 Å². The molecule has 20 heavy (non-hydrogen) atoms. The lowest BCUT2D eigenvalue weighted by molar-refractivity contribution is -0.385. The number of nitrogens with one attached hydrogen (secondary N) is 1. The molecule has 1 rings (SSSR count). The summed E-state index contributed by atoms with van der Waals surface area (Å²) in [4.78, 5) is 10.4. The van der Waals surface area contributed by atoms with Crippen molar-refractivity contribution in [1.82, 2.24) is 0 Å². The number of ether oxygens (including phenoxy) is 2. The molecule has 0 heterocycles. The zero-order chi connectivity index (χ0) is 15.0. The van der Waals surface area contributed by atoms with E-state index < -0.39 is 4.92 Å². The molecule has 0 spiro atoms. The predicted molar refractivity (Wildman–Crippen MR) is 75.3 cm³/mol. The number of aliphatic hydroxyl groups is 1. The highest BCUT2D eigenvalue weighted by atomic mass is 16.6. The van der Waals surface area contributed by atoms with Gasteiger partial charge in [0.15, 0.2) is 5.75 Å². The topological polar surface area (TPSA) is 93.9 Å². The highest BCUT2D eigenvalue weighted by Gasteiger charge is 2.16. The lowest BCUT2D eigenvalue weighted by Crippen LogP contribution is -2.28. The summed E-state index contributed by atoms with van der Waals surface area (Å²) in [7, 11) is 1.54. The normalized spacial score (nSPS) is 11.9. The molecule has 2 N–H and O–H groups in total. The second-order valence-corrected chi connectivity index (χ2v) is 4.27. The maximum absolute atomic E-state index is 10.9. The molecule has 0 saturated carbocycles. The molecule has 0 saturated heterocycles. The summed E-state index contributed by atoms with van der Waals surface area (Å²) in [5, 5.41) is 23.1. The number of nitro groups is 1. The van der Waals surface area contributed by atoms with Gasteiger partial charge in [0.1, 0.15) is 0 Å². The van der Waals surface area contributed by atoms with E-state index in [0.29, 0.717) is 18.9 Å². The molecule has 1 atom stereocenters. The van der Waals surface area contributed by atoms with Gasteiger partial charge in [-0.1, -0.05) is 6.92 Å². The Morgan fingerprint density at radius 1 is 1.50 bits per heavy atom. The summed E-state index contributed by atoms with van der Waals surface area (Å²) in [6.45, 7) is 2.56. The Kier molecular flexibility index (Phi) is 6.75. The SMILES string of the molecule is CCCOc1cc(NC(CO)COC)ccc1[N+](=O)[O-]. The fraction of sp³-hybridized carbons (Fsp3) is 0.538. The summed E-state index contributed by atoms with van der Waals surface area (Å²) in [5.41, 5.74) is 0.564. The zero-order valence-electron chi connectivity index (χ0n) is 11.7. The van der Waals surface area contributed by atoms with Crippen LogP contribution in [0.5, 0.6) is 5.75 Å². The maximum Gasteiger partial charge on any atom is 0.311 e. The van der Waals surface area contributed by atoms with E-state index in [1.165, 1.54) is 13.2 Å². The van der Waals surface area contributed by atoms with Crippen molar-refractivity contribution in [3.05, 3.63) is 28.3 Å². The molecule has 1 aromatic rings. The molecule has 0 amide bonds. The van der Waals surface area contributed by atoms with Gasteiger partial charge in [0.25, 0.3) is 0 Å². The van der Waals surface area contributed by atoms with Crippen LogP contribution in [0.4, 0.5) is 11.4 Å². The number of hydrogen-bond donors (Lipinski definition) is 2. The number of nitrogens with zero attached hydrogens (tertiary/aromatic N) is 1. The molecule has 0 fully saturated rings. The number of aliphatic hydroxyl groups excluding tert-OH is 1. The van der Waals surface area contributed by atoms with Crippen LogP contribution in [0.15, 0.2) is 18.2 Å². The molecule has 0 aliphatic heterocycles. The molecule has 7 nitrogen and oxygen atoms in total. The quantitative estimate of drug-likeness (QED) is 0.530. The van der Waals surface area contributed by atoms with Crippen molar-refractivity contribution in [2.24, 2.45) is 0 Å². The molecule has 1 aromatic carbocycles. The molecular formula is C13H20N2O5. The fourth-order valence-corrected chi connectivity index (χ4v) is 1.66.